The van der Waals surface area contributed by atoms with Gasteiger partial charge in [-0.05, 0) is 35.8 Å². The van der Waals surface area contributed by atoms with Crippen molar-refractivity contribution in [3.8, 4) is 0 Å². The van der Waals surface area contributed by atoms with Crippen LogP contribution in [0.4, 0.5) is 0 Å². The molecule has 0 aliphatic heterocycles. The minimum Gasteiger partial charge on any atom is -0.361 e. The van der Waals surface area contributed by atoms with Gasteiger partial charge in [-0.25, -0.2) is 0 Å². The summed E-state index contributed by atoms with van der Waals surface area (Å²) < 4.78 is 10.7. The maximum Gasteiger partial charge on any atom is 0.229 e. The van der Waals surface area contributed by atoms with Gasteiger partial charge in [0.05, 0.1) is 11.8 Å². The van der Waals surface area contributed by atoms with Crippen LogP contribution in [0.1, 0.15) is 83.8 Å². The molecule has 2 N–H and O–H groups in total. The zero-order chi connectivity index (χ0) is 27.5. The van der Waals surface area contributed by atoms with Crippen molar-refractivity contribution in [2.24, 2.45) is 11.8 Å². The van der Waals surface area contributed by atoms with E-state index in [-0.39, 0.29) is 35.5 Å². The Morgan fingerprint density at radius 2 is 1.05 bits per heavy atom. The fraction of sp³-hybridized carbons (Fsp3) is 0.548. The molecular weight excluding hydrogens is 464 g/mol. The maximum atomic E-state index is 12.2. The quantitative estimate of drug-likeness (QED) is 0.219. The standard InChI is InChI=1S/C16H25NO2.C15H23NO2/c1-4-5-11-19-12-17-16(18)15(13(2)3)14-9-7-6-8-10-14;1-4-10-18-11-16-15(17)14(12(2)3)13-8-6-5-7-9-13/h6-10,13,15H,4-5,11-12H2,1-3H3,(H,17,18);5-9,12,14H,4,10-11H2,1-3H3,(H,16,17). The van der Waals surface area contributed by atoms with E-state index in [1.54, 1.807) is 0 Å². The molecule has 0 radical (unpaired) electrons. The lowest BCUT2D eigenvalue weighted by atomic mass is 9.88. The monoisotopic (exact) mass is 512 g/mol. The molecule has 0 bridgehead atoms. The van der Waals surface area contributed by atoms with Crippen LogP contribution in [0, 0.1) is 11.8 Å². The van der Waals surface area contributed by atoms with Gasteiger partial charge < -0.3 is 20.1 Å². The summed E-state index contributed by atoms with van der Waals surface area (Å²) in [7, 11) is 0. The number of unbranched alkanes of at least 4 members (excludes halogenated alkanes) is 1. The molecule has 2 unspecified atom stereocenters. The smallest absolute Gasteiger partial charge is 0.229 e. The van der Waals surface area contributed by atoms with Crippen LogP contribution in [-0.4, -0.2) is 38.5 Å². The van der Waals surface area contributed by atoms with Crippen LogP contribution >= 0.6 is 0 Å². The molecule has 0 saturated heterocycles. The molecule has 2 atom stereocenters. The highest BCUT2D eigenvalue weighted by Crippen LogP contribution is 2.25. The van der Waals surface area contributed by atoms with E-state index in [2.05, 4.69) is 45.3 Å². The van der Waals surface area contributed by atoms with Crippen LogP contribution in [0.15, 0.2) is 60.7 Å². The molecular formula is C31H48N2O4. The van der Waals surface area contributed by atoms with Crippen LogP contribution in [-0.2, 0) is 19.1 Å². The second-order valence-corrected chi connectivity index (χ2v) is 9.81. The highest BCUT2D eigenvalue weighted by atomic mass is 16.5. The first-order chi connectivity index (χ1) is 17.8. The summed E-state index contributed by atoms with van der Waals surface area (Å²) in [5, 5.41) is 5.70. The summed E-state index contributed by atoms with van der Waals surface area (Å²) in [6, 6.07) is 19.8. The Kier molecular flexibility index (Phi) is 17.0. The molecule has 2 aromatic carbocycles. The molecule has 2 rings (SSSR count). The normalized spacial score (nSPS) is 12.4. The van der Waals surface area contributed by atoms with E-state index < -0.39 is 0 Å². The van der Waals surface area contributed by atoms with Gasteiger partial charge in [0.2, 0.25) is 11.8 Å². The summed E-state index contributed by atoms with van der Waals surface area (Å²) in [6.07, 6.45) is 3.09. The predicted octanol–water partition coefficient (Wildman–Crippen LogP) is 6.24. The highest BCUT2D eigenvalue weighted by Gasteiger charge is 2.24. The summed E-state index contributed by atoms with van der Waals surface area (Å²) in [5.41, 5.74) is 2.11. The van der Waals surface area contributed by atoms with Gasteiger partial charge in [0.15, 0.2) is 0 Å². The third kappa shape index (κ3) is 12.9. The topological polar surface area (TPSA) is 76.7 Å². The van der Waals surface area contributed by atoms with Crippen molar-refractivity contribution in [1.29, 1.82) is 0 Å². The molecule has 6 heteroatoms. The molecule has 0 aromatic heterocycles. The first-order valence-electron chi connectivity index (χ1n) is 13.6. The van der Waals surface area contributed by atoms with Crippen molar-refractivity contribution >= 4 is 11.8 Å². The lowest BCUT2D eigenvalue weighted by molar-refractivity contribution is -0.126. The van der Waals surface area contributed by atoms with Crippen LogP contribution in [0.3, 0.4) is 0 Å². The van der Waals surface area contributed by atoms with Gasteiger partial charge in [0.1, 0.15) is 13.5 Å². The SMILES string of the molecule is CCCCOCNC(=O)C(c1ccccc1)C(C)C.CCCOCNC(=O)C(c1ccccc1)C(C)C. The van der Waals surface area contributed by atoms with Gasteiger partial charge in [-0.2, -0.15) is 0 Å². The molecule has 0 aliphatic carbocycles. The maximum absolute atomic E-state index is 12.2. The fourth-order valence-corrected chi connectivity index (χ4v) is 4.00. The number of carbonyl (C=O) groups is 2. The molecule has 37 heavy (non-hydrogen) atoms. The highest BCUT2D eigenvalue weighted by molar-refractivity contribution is 5.84. The zero-order valence-electron chi connectivity index (χ0n) is 23.7. The van der Waals surface area contributed by atoms with E-state index >= 15 is 0 Å². The molecule has 206 valence electrons. The number of amides is 2. The third-order valence-electron chi connectivity index (χ3n) is 5.90. The second kappa shape index (κ2) is 19.4. The Hall–Kier alpha value is -2.70. The predicted molar refractivity (Wildman–Crippen MR) is 151 cm³/mol. The van der Waals surface area contributed by atoms with E-state index in [9.17, 15) is 9.59 Å². The average molecular weight is 513 g/mol. The van der Waals surface area contributed by atoms with E-state index in [4.69, 9.17) is 9.47 Å². The van der Waals surface area contributed by atoms with Gasteiger partial charge in [-0.1, -0.05) is 109 Å². The van der Waals surface area contributed by atoms with Gasteiger partial charge in [-0.15, -0.1) is 0 Å². The fourth-order valence-electron chi connectivity index (χ4n) is 4.00. The third-order valence-corrected chi connectivity index (χ3v) is 5.90. The van der Waals surface area contributed by atoms with Gasteiger partial charge in [0.25, 0.3) is 0 Å². The summed E-state index contributed by atoms with van der Waals surface area (Å²) in [5.74, 6) is 0.369. The van der Waals surface area contributed by atoms with Crippen molar-refractivity contribution in [2.75, 3.05) is 26.7 Å². The zero-order valence-corrected chi connectivity index (χ0v) is 23.7. The minimum absolute atomic E-state index is 0.0345. The Morgan fingerprint density at radius 3 is 1.41 bits per heavy atom. The number of carbonyl (C=O) groups excluding carboxylic acids is 2. The van der Waals surface area contributed by atoms with Crippen molar-refractivity contribution in [2.45, 2.75) is 72.6 Å². The molecule has 0 aliphatic rings. The molecule has 2 amide bonds. The molecule has 6 nitrogen and oxygen atoms in total. The Morgan fingerprint density at radius 1 is 0.649 bits per heavy atom. The van der Waals surface area contributed by atoms with E-state index in [0.717, 1.165) is 30.4 Å². The van der Waals surface area contributed by atoms with Crippen LogP contribution in [0.2, 0.25) is 0 Å². The van der Waals surface area contributed by atoms with Crippen molar-refractivity contribution in [3.05, 3.63) is 71.8 Å². The molecule has 0 saturated carbocycles. The minimum atomic E-state index is -0.115. The van der Waals surface area contributed by atoms with Gasteiger partial charge in [0, 0.05) is 13.2 Å². The molecule has 0 heterocycles. The first-order valence-corrected chi connectivity index (χ1v) is 13.6. The average Bonchev–Trinajstić information content (AvgIpc) is 2.88. The van der Waals surface area contributed by atoms with Crippen LogP contribution in [0.25, 0.3) is 0 Å². The number of benzene rings is 2. The number of nitrogens with one attached hydrogen (secondary N) is 2. The number of hydrogen-bond acceptors (Lipinski definition) is 4. The van der Waals surface area contributed by atoms with E-state index in [0.29, 0.717) is 26.7 Å². The molecule has 0 fully saturated rings. The van der Waals surface area contributed by atoms with Gasteiger partial charge >= 0.3 is 0 Å². The van der Waals surface area contributed by atoms with E-state index in [1.807, 2.05) is 67.6 Å². The van der Waals surface area contributed by atoms with Crippen LogP contribution in [0.5, 0.6) is 0 Å². The van der Waals surface area contributed by atoms with Crippen molar-refractivity contribution in [3.63, 3.8) is 0 Å². The number of ether oxygens (including phenoxy) is 2. The van der Waals surface area contributed by atoms with Crippen molar-refractivity contribution in [1.82, 2.24) is 10.6 Å². The van der Waals surface area contributed by atoms with Crippen molar-refractivity contribution < 1.29 is 19.1 Å². The lowest BCUT2D eigenvalue weighted by Crippen LogP contribution is -2.33. The largest absolute Gasteiger partial charge is 0.361 e. The summed E-state index contributed by atoms with van der Waals surface area (Å²) in [4.78, 5) is 24.4. The summed E-state index contributed by atoms with van der Waals surface area (Å²) in [6.45, 7) is 14.4. The summed E-state index contributed by atoms with van der Waals surface area (Å²) >= 11 is 0. The van der Waals surface area contributed by atoms with Gasteiger partial charge in [-0.3, -0.25) is 9.59 Å². The Bertz CT molecular complexity index is 856. The van der Waals surface area contributed by atoms with Crippen LogP contribution < -0.4 is 10.6 Å². The Balaban J connectivity index is 0.000000371. The second-order valence-electron chi connectivity index (χ2n) is 9.81. The lowest BCUT2D eigenvalue weighted by Gasteiger charge is -2.20. The molecule has 0 spiro atoms. The Labute approximate surface area is 224 Å². The number of hydrogen-bond donors (Lipinski definition) is 2. The number of rotatable bonds is 15. The first kappa shape index (κ1) is 32.3. The van der Waals surface area contributed by atoms with E-state index in [1.165, 1.54) is 0 Å². The molecule has 2 aromatic rings.